The first-order valence-corrected chi connectivity index (χ1v) is 13.1. The summed E-state index contributed by atoms with van der Waals surface area (Å²) in [4.78, 5) is 13.1. The molecule has 0 aliphatic heterocycles. The Morgan fingerprint density at radius 1 is 0.633 bits per heavy atom. The van der Waals surface area contributed by atoms with E-state index in [-0.39, 0.29) is 5.97 Å². The van der Waals surface area contributed by atoms with Gasteiger partial charge in [0.25, 0.3) is 0 Å². The minimum atomic E-state index is -2.92. The van der Waals surface area contributed by atoms with Crippen molar-refractivity contribution >= 4 is 29.4 Å². The van der Waals surface area contributed by atoms with Gasteiger partial charge < -0.3 is 0 Å². The van der Waals surface area contributed by atoms with E-state index in [1.54, 1.807) is 0 Å². The molecule has 0 amide bonds. The second-order valence-corrected chi connectivity index (χ2v) is 11.1. The molecular weight excluding hydrogens is 387 g/mol. The first-order chi connectivity index (χ1) is 14.8. The molecule has 0 aliphatic carbocycles. The number of hydrogen-bond acceptors (Lipinski definition) is 2. The topological polar surface area (TPSA) is 26.3 Å². The predicted molar refractivity (Wildman–Crippen MR) is 131 cm³/mol. The number of unbranched alkanes of at least 4 members (excludes halogenated alkanes) is 5. The van der Waals surface area contributed by atoms with E-state index in [0.717, 1.165) is 28.8 Å². The van der Waals surface area contributed by atoms with E-state index >= 15 is 0 Å². The van der Waals surface area contributed by atoms with Crippen LogP contribution in [-0.4, -0.2) is 5.97 Å². The van der Waals surface area contributed by atoms with Crippen molar-refractivity contribution in [1.29, 1.82) is 0 Å². The average molecular weight is 421 g/mol. The maximum atomic E-state index is 13.1. The molecule has 0 fully saturated rings. The van der Waals surface area contributed by atoms with E-state index < -0.39 is 7.49 Å². The third kappa shape index (κ3) is 5.58. The summed E-state index contributed by atoms with van der Waals surface area (Å²) < 4.78 is 6.52. The maximum absolute atomic E-state index is 13.1. The van der Waals surface area contributed by atoms with Crippen LogP contribution in [0.1, 0.15) is 51.9 Å². The Morgan fingerprint density at radius 3 is 1.47 bits per heavy atom. The Balaban J connectivity index is 1.91. The van der Waals surface area contributed by atoms with Crippen LogP contribution >= 0.6 is 7.49 Å². The van der Waals surface area contributed by atoms with Crippen LogP contribution in [0.15, 0.2) is 91.0 Å². The quantitative estimate of drug-likeness (QED) is 0.284. The van der Waals surface area contributed by atoms with Crippen LogP contribution in [0.5, 0.6) is 0 Å². The molecule has 0 bridgehead atoms. The monoisotopic (exact) mass is 420 g/mol. The standard InChI is InChI=1S/C27H33O2P/c1-2-3-4-5-6-16-23-27(28)29-30(24-17-10-7-11-18-24,25-19-12-8-13-20-25)26-21-14-9-15-22-26/h7-15,17-22,30H,2-6,16,23H2,1H3. The zero-order valence-corrected chi connectivity index (χ0v) is 18.9. The fourth-order valence-corrected chi connectivity index (χ4v) is 7.75. The Kier molecular flexibility index (Phi) is 8.66. The molecule has 0 saturated heterocycles. The van der Waals surface area contributed by atoms with Crippen molar-refractivity contribution in [3.8, 4) is 0 Å². The number of rotatable bonds is 11. The molecule has 0 aromatic heterocycles. The molecule has 0 spiro atoms. The number of benzene rings is 3. The zero-order chi connectivity index (χ0) is 21.1. The van der Waals surface area contributed by atoms with Gasteiger partial charge in [0.05, 0.1) is 0 Å². The molecular formula is C27H33O2P. The normalized spacial score (nSPS) is 11.8. The molecule has 0 saturated carbocycles. The molecule has 3 aromatic rings. The molecule has 0 radical (unpaired) electrons. The van der Waals surface area contributed by atoms with E-state index in [2.05, 4.69) is 43.3 Å². The second-order valence-electron chi connectivity index (χ2n) is 7.77. The van der Waals surface area contributed by atoms with Crippen LogP contribution in [0, 0.1) is 0 Å². The molecule has 0 heterocycles. The molecule has 0 N–H and O–H groups in total. The molecule has 0 atom stereocenters. The summed E-state index contributed by atoms with van der Waals surface area (Å²) in [7, 11) is -2.92. The van der Waals surface area contributed by atoms with E-state index in [1.807, 2.05) is 54.6 Å². The molecule has 158 valence electrons. The van der Waals surface area contributed by atoms with Gasteiger partial charge in [-0.15, -0.1) is 0 Å². The molecule has 0 aliphatic rings. The molecule has 3 heteroatoms. The molecule has 30 heavy (non-hydrogen) atoms. The third-order valence-electron chi connectivity index (χ3n) is 5.54. The Hall–Kier alpha value is -2.44. The van der Waals surface area contributed by atoms with Crippen molar-refractivity contribution in [2.75, 3.05) is 0 Å². The SMILES string of the molecule is CCCCCCCCC(=O)O[PH](c1ccccc1)(c1ccccc1)c1ccccc1. The van der Waals surface area contributed by atoms with Gasteiger partial charge >= 0.3 is 182 Å². The third-order valence-corrected chi connectivity index (χ3v) is 9.52. The summed E-state index contributed by atoms with van der Waals surface area (Å²) in [6.45, 7) is 2.22. The van der Waals surface area contributed by atoms with E-state index in [1.165, 1.54) is 25.7 Å². The fourth-order valence-electron chi connectivity index (χ4n) is 3.97. The summed E-state index contributed by atoms with van der Waals surface area (Å²) in [5.41, 5.74) is 0. The molecule has 3 aromatic carbocycles. The van der Waals surface area contributed by atoms with Crippen molar-refractivity contribution in [2.24, 2.45) is 0 Å². The van der Waals surface area contributed by atoms with Gasteiger partial charge in [-0.25, -0.2) is 0 Å². The van der Waals surface area contributed by atoms with E-state index in [0.29, 0.717) is 6.42 Å². The summed E-state index contributed by atoms with van der Waals surface area (Å²) in [5.74, 6) is -0.0892. The van der Waals surface area contributed by atoms with Crippen LogP contribution in [-0.2, 0) is 9.32 Å². The zero-order valence-electron chi connectivity index (χ0n) is 17.9. The van der Waals surface area contributed by atoms with E-state index in [9.17, 15) is 4.79 Å². The van der Waals surface area contributed by atoms with Gasteiger partial charge in [0.2, 0.25) is 0 Å². The minimum absolute atomic E-state index is 0.0892. The first kappa shape index (κ1) is 22.2. The van der Waals surface area contributed by atoms with Gasteiger partial charge in [-0.2, -0.15) is 0 Å². The Bertz CT molecular complexity index is 782. The van der Waals surface area contributed by atoms with Crippen molar-refractivity contribution < 1.29 is 9.32 Å². The summed E-state index contributed by atoms with van der Waals surface area (Å²) in [6, 6.07) is 30.8. The Morgan fingerprint density at radius 2 is 1.03 bits per heavy atom. The van der Waals surface area contributed by atoms with Gasteiger partial charge in [-0.1, -0.05) is 0 Å². The van der Waals surface area contributed by atoms with Crippen LogP contribution in [0.4, 0.5) is 0 Å². The average Bonchev–Trinajstić information content (AvgIpc) is 2.81. The van der Waals surface area contributed by atoms with Gasteiger partial charge in [0, 0.05) is 0 Å². The second kappa shape index (κ2) is 11.7. The van der Waals surface area contributed by atoms with Crippen LogP contribution in [0.2, 0.25) is 0 Å². The van der Waals surface area contributed by atoms with Crippen LogP contribution in [0.25, 0.3) is 0 Å². The van der Waals surface area contributed by atoms with E-state index in [4.69, 9.17) is 4.52 Å². The van der Waals surface area contributed by atoms with Gasteiger partial charge in [-0.05, 0) is 0 Å². The predicted octanol–water partition coefficient (Wildman–Crippen LogP) is 5.92. The summed E-state index contributed by atoms with van der Waals surface area (Å²) in [5, 5.41) is 3.29. The van der Waals surface area contributed by atoms with Gasteiger partial charge in [0.1, 0.15) is 0 Å². The van der Waals surface area contributed by atoms with Crippen molar-refractivity contribution in [2.45, 2.75) is 51.9 Å². The number of carbonyl (C=O) groups excluding carboxylic acids is 1. The fraction of sp³-hybridized carbons (Fsp3) is 0.296. The molecule has 3 rings (SSSR count). The van der Waals surface area contributed by atoms with Gasteiger partial charge in [0.15, 0.2) is 0 Å². The van der Waals surface area contributed by atoms with Crippen molar-refractivity contribution in [3.63, 3.8) is 0 Å². The Labute approximate surface area is 181 Å². The first-order valence-electron chi connectivity index (χ1n) is 11.2. The van der Waals surface area contributed by atoms with Crippen molar-refractivity contribution in [3.05, 3.63) is 91.0 Å². The van der Waals surface area contributed by atoms with Gasteiger partial charge in [-0.3, -0.25) is 0 Å². The number of hydrogen-bond donors (Lipinski definition) is 0. The van der Waals surface area contributed by atoms with Crippen LogP contribution < -0.4 is 15.9 Å². The summed E-state index contributed by atoms with van der Waals surface area (Å²) >= 11 is 0. The summed E-state index contributed by atoms with van der Waals surface area (Å²) in [6.07, 6.45) is 7.42. The number of carbonyl (C=O) groups is 1. The molecule has 0 unspecified atom stereocenters. The molecule has 2 nitrogen and oxygen atoms in total. The van der Waals surface area contributed by atoms with Crippen molar-refractivity contribution in [1.82, 2.24) is 0 Å². The van der Waals surface area contributed by atoms with Crippen LogP contribution in [0.3, 0.4) is 0 Å².